The van der Waals surface area contributed by atoms with Gasteiger partial charge < -0.3 is 4.42 Å². The molecule has 0 N–H and O–H groups in total. The van der Waals surface area contributed by atoms with Crippen LogP contribution in [-0.2, 0) is 5.41 Å². The molecule has 2 aromatic carbocycles. The van der Waals surface area contributed by atoms with Gasteiger partial charge >= 0.3 is 0 Å². The molecule has 0 radical (unpaired) electrons. The first kappa shape index (κ1) is 19.4. The Morgan fingerprint density at radius 2 is 1.93 bits per heavy atom. The molecule has 0 saturated carbocycles. The molecule has 30 heavy (non-hydrogen) atoms. The molecule has 4 heteroatoms. The van der Waals surface area contributed by atoms with Crippen LogP contribution in [0.15, 0.2) is 70.0 Å². The summed E-state index contributed by atoms with van der Waals surface area (Å²) in [7, 11) is 0. The number of aromatic nitrogens is 1. The average Bonchev–Trinajstić information content (AvgIpc) is 3.27. The largest absolute Gasteiger partial charge is 0.454 e. The van der Waals surface area contributed by atoms with E-state index in [1.54, 1.807) is 23.1 Å². The number of pyridine rings is 1. The molecule has 150 valence electrons. The summed E-state index contributed by atoms with van der Waals surface area (Å²) >= 11 is 3.46. The van der Waals surface area contributed by atoms with Crippen molar-refractivity contribution in [3.05, 3.63) is 71.1 Å². The summed E-state index contributed by atoms with van der Waals surface area (Å²) in [6.07, 6.45) is 1.85. The Kier molecular flexibility index (Phi) is 4.53. The SMILES string of the molecule is C=CSc1ccc(-c2nccc3oc4c(ccc5cc(C)sc54)c23)cc1C(C)(C)C. The summed E-state index contributed by atoms with van der Waals surface area (Å²) in [4.78, 5) is 7.33. The van der Waals surface area contributed by atoms with E-state index in [9.17, 15) is 0 Å². The van der Waals surface area contributed by atoms with Gasteiger partial charge in [0.2, 0.25) is 0 Å². The van der Waals surface area contributed by atoms with Gasteiger partial charge in [-0.15, -0.1) is 11.3 Å². The number of aryl methyl sites for hydroxylation is 1. The van der Waals surface area contributed by atoms with Crippen LogP contribution >= 0.6 is 23.1 Å². The van der Waals surface area contributed by atoms with E-state index in [0.29, 0.717) is 0 Å². The van der Waals surface area contributed by atoms with Crippen LogP contribution in [0.1, 0.15) is 31.2 Å². The van der Waals surface area contributed by atoms with Gasteiger partial charge in [0.05, 0.1) is 15.8 Å². The number of hydrogen-bond acceptors (Lipinski definition) is 4. The van der Waals surface area contributed by atoms with Crippen molar-refractivity contribution in [2.75, 3.05) is 0 Å². The highest BCUT2D eigenvalue weighted by molar-refractivity contribution is 8.02. The maximum atomic E-state index is 6.35. The number of rotatable bonds is 3. The molecule has 0 spiro atoms. The standard InChI is InChI=1S/C26H23NOS2/c1-6-29-21-10-8-16(14-19(21)26(3,4)5)23-22-18-9-7-17-13-15(2)30-25(17)24(18)28-20(22)11-12-27-23/h6-14H,1H2,2-5H3. The number of fused-ring (bicyclic) bond motifs is 5. The van der Waals surface area contributed by atoms with Crippen LogP contribution in [-0.4, -0.2) is 4.98 Å². The van der Waals surface area contributed by atoms with Gasteiger partial charge in [0.25, 0.3) is 0 Å². The van der Waals surface area contributed by atoms with Gasteiger partial charge in [-0.3, -0.25) is 4.98 Å². The molecule has 5 rings (SSSR count). The predicted molar refractivity (Wildman–Crippen MR) is 132 cm³/mol. The highest BCUT2D eigenvalue weighted by Crippen LogP contribution is 2.42. The number of benzene rings is 2. The molecule has 2 nitrogen and oxygen atoms in total. The van der Waals surface area contributed by atoms with E-state index in [4.69, 9.17) is 9.40 Å². The molecule has 0 unspecified atom stereocenters. The maximum Gasteiger partial charge on any atom is 0.153 e. The Morgan fingerprint density at radius 1 is 1.10 bits per heavy atom. The normalized spacial score (nSPS) is 12.3. The fraction of sp³-hybridized carbons (Fsp3) is 0.192. The smallest absolute Gasteiger partial charge is 0.153 e. The van der Waals surface area contributed by atoms with Gasteiger partial charge in [-0.05, 0) is 59.0 Å². The Hall–Kier alpha value is -2.56. The topological polar surface area (TPSA) is 26.0 Å². The summed E-state index contributed by atoms with van der Waals surface area (Å²) in [5.74, 6) is 0. The number of furan rings is 1. The lowest BCUT2D eigenvalue weighted by Crippen LogP contribution is -2.12. The maximum absolute atomic E-state index is 6.35. The number of hydrogen-bond donors (Lipinski definition) is 0. The number of thioether (sulfide) groups is 1. The zero-order chi connectivity index (χ0) is 21.0. The van der Waals surface area contributed by atoms with Crippen LogP contribution in [0.2, 0.25) is 0 Å². The van der Waals surface area contributed by atoms with E-state index in [1.165, 1.54) is 25.4 Å². The number of nitrogens with zero attached hydrogens (tertiary/aromatic N) is 1. The Balaban J connectivity index is 1.81. The molecule has 3 heterocycles. The molecular weight excluding hydrogens is 406 g/mol. The fourth-order valence-electron chi connectivity index (χ4n) is 4.08. The highest BCUT2D eigenvalue weighted by atomic mass is 32.2. The van der Waals surface area contributed by atoms with E-state index in [2.05, 4.69) is 70.7 Å². The third-order valence-electron chi connectivity index (χ3n) is 5.43. The Morgan fingerprint density at radius 3 is 2.70 bits per heavy atom. The second kappa shape index (κ2) is 7.00. The van der Waals surface area contributed by atoms with Gasteiger partial charge in [-0.25, -0.2) is 0 Å². The third-order valence-corrected chi connectivity index (χ3v) is 7.27. The fourth-order valence-corrected chi connectivity index (χ4v) is 5.89. The van der Waals surface area contributed by atoms with Crippen LogP contribution in [0.25, 0.3) is 43.3 Å². The van der Waals surface area contributed by atoms with Crippen molar-refractivity contribution in [2.24, 2.45) is 0 Å². The lowest BCUT2D eigenvalue weighted by molar-refractivity contribution is 0.578. The molecule has 0 aliphatic carbocycles. The molecule has 0 aliphatic rings. The Bertz CT molecular complexity index is 1430. The number of thiophene rings is 1. The first-order valence-corrected chi connectivity index (χ1v) is 11.7. The van der Waals surface area contributed by atoms with Crippen LogP contribution in [0.3, 0.4) is 0 Å². The van der Waals surface area contributed by atoms with E-state index < -0.39 is 0 Å². The van der Waals surface area contributed by atoms with Crippen molar-refractivity contribution in [1.82, 2.24) is 4.98 Å². The first-order valence-electron chi connectivity index (χ1n) is 9.99. The zero-order valence-electron chi connectivity index (χ0n) is 17.6. The molecule has 0 aliphatic heterocycles. The van der Waals surface area contributed by atoms with Crippen LogP contribution in [0.5, 0.6) is 0 Å². The second-order valence-electron chi connectivity index (χ2n) is 8.60. The van der Waals surface area contributed by atoms with Crippen molar-refractivity contribution in [2.45, 2.75) is 38.0 Å². The molecule has 3 aromatic heterocycles. The van der Waals surface area contributed by atoms with E-state index in [-0.39, 0.29) is 5.41 Å². The molecule has 0 amide bonds. The van der Waals surface area contributed by atoms with Gasteiger partial charge in [0.15, 0.2) is 5.58 Å². The Labute approximate surface area is 184 Å². The highest BCUT2D eigenvalue weighted by Gasteiger charge is 2.21. The summed E-state index contributed by atoms with van der Waals surface area (Å²) < 4.78 is 7.56. The van der Waals surface area contributed by atoms with Gasteiger partial charge in [0.1, 0.15) is 5.58 Å². The summed E-state index contributed by atoms with van der Waals surface area (Å²) in [5, 5.41) is 5.34. The quantitative estimate of drug-likeness (QED) is 0.268. The minimum absolute atomic E-state index is 0.0222. The van der Waals surface area contributed by atoms with Crippen LogP contribution in [0, 0.1) is 6.92 Å². The summed E-state index contributed by atoms with van der Waals surface area (Å²) in [5.41, 5.74) is 5.26. The molecule has 0 fully saturated rings. The van der Waals surface area contributed by atoms with Gasteiger partial charge in [-0.2, -0.15) is 0 Å². The van der Waals surface area contributed by atoms with E-state index >= 15 is 0 Å². The second-order valence-corrected chi connectivity index (χ2v) is 10.9. The molecular formula is C26H23NOS2. The van der Waals surface area contributed by atoms with Gasteiger partial charge in [0, 0.05) is 26.9 Å². The van der Waals surface area contributed by atoms with E-state index in [0.717, 1.165) is 33.2 Å². The first-order chi connectivity index (χ1) is 14.4. The van der Waals surface area contributed by atoms with Crippen molar-refractivity contribution in [3.8, 4) is 11.3 Å². The predicted octanol–water partition coefficient (Wildman–Crippen LogP) is 8.70. The van der Waals surface area contributed by atoms with Crippen molar-refractivity contribution in [1.29, 1.82) is 0 Å². The van der Waals surface area contributed by atoms with E-state index in [1.807, 2.05) is 17.7 Å². The van der Waals surface area contributed by atoms with Gasteiger partial charge in [-0.1, -0.05) is 51.2 Å². The third kappa shape index (κ3) is 3.06. The minimum atomic E-state index is 0.0222. The summed E-state index contributed by atoms with van der Waals surface area (Å²) in [6, 6.07) is 15.2. The molecule has 5 aromatic rings. The molecule has 0 bridgehead atoms. The lowest BCUT2D eigenvalue weighted by Gasteiger charge is -2.23. The minimum Gasteiger partial charge on any atom is -0.454 e. The van der Waals surface area contributed by atoms with Crippen LogP contribution in [0.4, 0.5) is 0 Å². The lowest BCUT2D eigenvalue weighted by atomic mass is 9.85. The monoisotopic (exact) mass is 429 g/mol. The van der Waals surface area contributed by atoms with Crippen molar-refractivity contribution >= 4 is 55.1 Å². The molecule has 0 atom stereocenters. The van der Waals surface area contributed by atoms with Crippen LogP contribution < -0.4 is 0 Å². The summed E-state index contributed by atoms with van der Waals surface area (Å²) in [6.45, 7) is 12.8. The van der Waals surface area contributed by atoms with Crippen molar-refractivity contribution < 1.29 is 4.42 Å². The average molecular weight is 430 g/mol. The van der Waals surface area contributed by atoms with Crippen molar-refractivity contribution in [3.63, 3.8) is 0 Å². The molecule has 0 saturated heterocycles. The zero-order valence-corrected chi connectivity index (χ0v) is 19.2.